The molecule has 0 aliphatic heterocycles. The Labute approximate surface area is 87.4 Å². The Morgan fingerprint density at radius 3 is 3.00 bits per heavy atom. The molecule has 0 fully saturated rings. The van der Waals surface area contributed by atoms with Crippen molar-refractivity contribution in [1.82, 2.24) is 4.37 Å². The lowest BCUT2D eigenvalue weighted by Crippen LogP contribution is -1.92. The van der Waals surface area contributed by atoms with Gasteiger partial charge < -0.3 is 5.73 Å². The summed E-state index contributed by atoms with van der Waals surface area (Å²) in [7, 11) is 0. The number of non-ortho nitro benzene ring substituents is 1. The number of nitro benzene ring substituents is 1. The van der Waals surface area contributed by atoms with E-state index in [0.29, 0.717) is 15.8 Å². The zero-order chi connectivity index (χ0) is 10.3. The molecule has 0 aliphatic rings. The van der Waals surface area contributed by atoms with Gasteiger partial charge in [0.25, 0.3) is 5.69 Å². The molecule has 5 nitrogen and oxygen atoms in total. The van der Waals surface area contributed by atoms with Gasteiger partial charge in [-0.25, -0.2) is 0 Å². The van der Waals surface area contributed by atoms with Crippen LogP contribution in [-0.2, 0) is 0 Å². The Bertz CT molecular complexity index is 525. The van der Waals surface area contributed by atoms with Gasteiger partial charge in [0.05, 0.1) is 21.8 Å². The minimum atomic E-state index is -0.494. The Balaban J connectivity index is 2.91. The molecule has 0 saturated heterocycles. The van der Waals surface area contributed by atoms with Gasteiger partial charge in [-0.2, -0.15) is 4.37 Å². The molecular weight excluding hydrogens is 226 g/mol. The number of rotatable bonds is 1. The predicted molar refractivity (Wildman–Crippen MR) is 55.7 cm³/mol. The maximum absolute atomic E-state index is 10.7. The van der Waals surface area contributed by atoms with Crippen molar-refractivity contribution >= 4 is 44.6 Å². The number of nitrogens with two attached hydrogens (primary N) is 1. The molecule has 1 aromatic heterocycles. The molecule has 1 heterocycles. The number of aromatic nitrogens is 1. The van der Waals surface area contributed by atoms with E-state index in [0.717, 1.165) is 11.5 Å². The highest BCUT2D eigenvalue weighted by atomic mass is 35.5. The zero-order valence-electron chi connectivity index (χ0n) is 6.73. The van der Waals surface area contributed by atoms with Gasteiger partial charge in [-0.15, -0.1) is 0 Å². The van der Waals surface area contributed by atoms with Crippen molar-refractivity contribution < 1.29 is 4.92 Å². The van der Waals surface area contributed by atoms with Crippen molar-refractivity contribution in [2.24, 2.45) is 0 Å². The molecule has 2 rings (SSSR count). The lowest BCUT2D eigenvalue weighted by Gasteiger charge is -1.99. The number of nitro groups is 1. The maximum Gasteiger partial charge on any atom is 0.290 e. The molecule has 1 aromatic carbocycles. The molecule has 14 heavy (non-hydrogen) atoms. The van der Waals surface area contributed by atoms with Gasteiger partial charge in [-0.3, -0.25) is 10.1 Å². The first-order valence-electron chi connectivity index (χ1n) is 3.58. The smallest absolute Gasteiger partial charge is 0.290 e. The van der Waals surface area contributed by atoms with Gasteiger partial charge in [0.1, 0.15) is 4.70 Å². The molecule has 0 spiro atoms. The summed E-state index contributed by atoms with van der Waals surface area (Å²) < 4.78 is 4.30. The molecule has 2 N–H and O–H groups in total. The van der Waals surface area contributed by atoms with E-state index in [1.807, 2.05) is 0 Å². The lowest BCUT2D eigenvalue weighted by molar-refractivity contribution is -0.382. The fourth-order valence-corrected chi connectivity index (χ4v) is 2.10. The third-order valence-corrected chi connectivity index (χ3v) is 2.95. The average Bonchev–Trinajstić information content (AvgIpc) is 2.59. The van der Waals surface area contributed by atoms with Crippen molar-refractivity contribution in [1.29, 1.82) is 0 Å². The first-order valence-corrected chi connectivity index (χ1v) is 4.73. The van der Waals surface area contributed by atoms with Crippen LogP contribution in [0.2, 0.25) is 5.02 Å². The van der Waals surface area contributed by atoms with Crippen LogP contribution in [0.25, 0.3) is 10.1 Å². The van der Waals surface area contributed by atoms with Gasteiger partial charge >= 0.3 is 0 Å². The fraction of sp³-hybridized carbons (Fsp3) is 0. The Kier molecular flexibility index (Phi) is 2.01. The Hall–Kier alpha value is -1.40. The summed E-state index contributed by atoms with van der Waals surface area (Å²) >= 11 is 6.78. The minimum Gasteiger partial charge on any atom is -0.397 e. The summed E-state index contributed by atoms with van der Waals surface area (Å²) in [6.07, 6.45) is 1.48. The first-order chi connectivity index (χ1) is 6.61. The summed E-state index contributed by atoms with van der Waals surface area (Å²) in [5.41, 5.74) is 5.92. The summed E-state index contributed by atoms with van der Waals surface area (Å²) in [4.78, 5) is 10.2. The monoisotopic (exact) mass is 229 g/mol. The molecule has 0 atom stereocenters. The summed E-state index contributed by atoms with van der Waals surface area (Å²) in [5.74, 6) is 0. The SMILES string of the molecule is Nc1c(Cl)cc([N+](=O)[O-])c2sncc12. The first kappa shape index (κ1) is 9.17. The van der Waals surface area contributed by atoms with E-state index in [2.05, 4.69) is 4.37 Å². The molecule has 7 heteroatoms. The molecule has 0 bridgehead atoms. The van der Waals surface area contributed by atoms with Crippen LogP contribution < -0.4 is 5.73 Å². The van der Waals surface area contributed by atoms with Crippen LogP contribution in [0, 0.1) is 10.1 Å². The molecule has 72 valence electrons. The minimum absolute atomic E-state index is 0.0540. The number of nitrogens with zero attached hydrogens (tertiary/aromatic N) is 2. The Morgan fingerprint density at radius 2 is 2.36 bits per heavy atom. The number of fused-ring (bicyclic) bond motifs is 1. The van der Waals surface area contributed by atoms with Crippen molar-refractivity contribution in [2.75, 3.05) is 5.73 Å². The number of benzene rings is 1. The third kappa shape index (κ3) is 1.19. The van der Waals surface area contributed by atoms with Gasteiger partial charge in [0.2, 0.25) is 0 Å². The van der Waals surface area contributed by atoms with E-state index in [4.69, 9.17) is 17.3 Å². The predicted octanol–water partition coefficient (Wildman–Crippen LogP) is 2.44. The van der Waals surface area contributed by atoms with Crippen molar-refractivity contribution in [3.8, 4) is 0 Å². The van der Waals surface area contributed by atoms with Crippen LogP contribution in [0.1, 0.15) is 0 Å². The van der Waals surface area contributed by atoms with Crippen LogP contribution in [0.5, 0.6) is 0 Å². The molecule has 2 aromatic rings. The van der Waals surface area contributed by atoms with Crippen molar-refractivity contribution in [3.05, 3.63) is 27.4 Å². The van der Waals surface area contributed by atoms with Crippen LogP contribution in [-0.4, -0.2) is 9.30 Å². The van der Waals surface area contributed by atoms with Gasteiger partial charge in [-0.05, 0) is 11.5 Å². The van der Waals surface area contributed by atoms with Gasteiger partial charge in [-0.1, -0.05) is 11.6 Å². The second-order valence-corrected chi connectivity index (χ2v) is 3.83. The highest BCUT2D eigenvalue weighted by molar-refractivity contribution is 7.14. The second-order valence-electron chi connectivity index (χ2n) is 2.62. The normalized spacial score (nSPS) is 10.6. The molecule has 0 aliphatic carbocycles. The number of halogens is 1. The standard InChI is InChI=1S/C7H4ClN3O2S/c8-4-1-5(11(12)13)7-3(6(4)9)2-10-14-7/h1-2H,9H2. The van der Waals surface area contributed by atoms with E-state index in [9.17, 15) is 10.1 Å². The topological polar surface area (TPSA) is 82.0 Å². The van der Waals surface area contributed by atoms with Crippen LogP contribution >= 0.6 is 23.1 Å². The molecule has 0 saturated carbocycles. The third-order valence-electron chi connectivity index (χ3n) is 1.81. The molecule has 0 unspecified atom stereocenters. The summed E-state index contributed by atoms with van der Waals surface area (Å²) in [6.45, 7) is 0. The maximum atomic E-state index is 10.7. The summed E-state index contributed by atoms with van der Waals surface area (Å²) in [5, 5.41) is 11.4. The van der Waals surface area contributed by atoms with Crippen molar-refractivity contribution in [2.45, 2.75) is 0 Å². The highest BCUT2D eigenvalue weighted by Gasteiger charge is 2.18. The zero-order valence-corrected chi connectivity index (χ0v) is 8.30. The highest BCUT2D eigenvalue weighted by Crippen LogP contribution is 2.37. The number of anilines is 1. The number of hydrogen-bond acceptors (Lipinski definition) is 5. The lowest BCUT2D eigenvalue weighted by atomic mass is 10.2. The quantitative estimate of drug-likeness (QED) is 0.463. The molecule has 0 radical (unpaired) electrons. The number of nitrogen functional groups attached to an aromatic ring is 1. The largest absolute Gasteiger partial charge is 0.397 e. The fourth-order valence-electron chi connectivity index (χ4n) is 1.14. The molecular formula is C7H4ClN3O2S. The van der Waals surface area contributed by atoms with E-state index in [-0.39, 0.29) is 10.7 Å². The van der Waals surface area contributed by atoms with Gasteiger partial charge in [0.15, 0.2) is 0 Å². The van der Waals surface area contributed by atoms with E-state index < -0.39 is 4.92 Å². The van der Waals surface area contributed by atoms with Crippen LogP contribution in [0.15, 0.2) is 12.3 Å². The van der Waals surface area contributed by atoms with E-state index in [1.54, 1.807) is 0 Å². The molecule has 0 amide bonds. The Morgan fingerprint density at radius 1 is 1.64 bits per heavy atom. The van der Waals surface area contributed by atoms with Gasteiger partial charge in [0, 0.05) is 11.5 Å². The number of hydrogen-bond donors (Lipinski definition) is 1. The average molecular weight is 230 g/mol. The van der Waals surface area contributed by atoms with E-state index >= 15 is 0 Å². The van der Waals surface area contributed by atoms with Crippen LogP contribution in [0.4, 0.5) is 11.4 Å². The van der Waals surface area contributed by atoms with E-state index in [1.165, 1.54) is 12.3 Å². The van der Waals surface area contributed by atoms with Crippen molar-refractivity contribution in [3.63, 3.8) is 0 Å². The summed E-state index contributed by atoms with van der Waals surface area (Å²) in [6, 6.07) is 1.25. The second kappa shape index (κ2) is 3.07. The van der Waals surface area contributed by atoms with Crippen LogP contribution in [0.3, 0.4) is 0 Å².